The van der Waals surface area contributed by atoms with Gasteiger partial charge in [0.25, 0.3) is 0 Å². The van der Waals surface area contributed by atoms with Crippen molar-refractivity contribution in [3.8, 4) is 5.88 Å². The number of aryl methyl sites for hydroxylation is 1. The van der Waals surface area contributed by atoms with Crippen LogP contribution in [0, 0.1) is 12.8 Å². The minimum absolute atomic E-state index is 0.00474. The van der Waals surface area contributed by atoms with Gasteiger partial charge in [0.2, 0.25) is 5.88 Å². The third-order valence-electron chi connectivity index (χ3n) is 4.72. The first-order valence-electron chi connectivity index (χ1n) is 8.50. The summed E-state index contributed by atoms with van der Waals surface area (Å²) in [4.78, 5) is 16.7. The molecule has 0 bridgehead atoms. The number of allylic oxidation sites excluding steroid dienone is 1. The van der Waals surface area contributed by atoms with E-state index in [2.05, 4.69) is 4.98 Å². The van der Waals surface area contributed by atoms with Gasteiger partial charge in [-0.05, 0) is 50.5 Å². The van der Waals surface area contributed by atoms with Crippen LogP contribution in [-0.4, -0.2) is 31.0 Å². The fourth-order valence-electron chi connectivity index (χ4n) is 3.33. The predicted molar refractivity (Wildman–Crippen MR) is 91.8 cm³/mol. The Balaban J connectivity index is 1.57. The molecule has 0 amide bonds. The second-order valence-electron chi connectivity index (χ2n) is 6.74. The molecule has 0 aromatic carbocycles. The molecule has 2 heterocycles. The maximum absolute atomic E-state index is 12.4. The highest BCUT2D eigenvalue weighted by molar-refractivity contribution is 7.94. The summed E-state index contributed by atoms with van der Waals surface area (Å²) in [6.07, 6.45) is 8.93. The highest BCUT2D eigenvalue weighted by Gasteiger charge is 2.23. The summed E-state index contributed by atoms with van der Waals surface area (Å²) < 4.78 is 28.6. The first kappa shape index (κ1) is 17.1. The van der Waals surface area contributed by atoms with Crippen LogP contribution >= 0.6 is 0 Å². The molecule has 1 fully saturated rings. The normalized spacial score (nSPS) is 22.8. The average Bonchev–Trinajstić information content (AvgIpc) is 3.14. The SMILES string of the molecule is Cc1cc(OC2CCCC2)ncc1C(=O)CCC1C=CS(=O)(=O)C1. The van der Waals surface area contributed by atoms with Crippen LogP contribution in [0.4, 0.5) is 0 Å². The van der Waals surface area contributed by atoms with Crippen molar-refractivity contribution >= 4 is 15.6 Å². The number of ether oxygens (including phenoxy) is 1. The summed E-state index contributed by atoms with van der Waals surface area (Å²) in [7, 11) is -3.05. The Morgan fingerprint density at radius 3 is 2.71 bits per heavy atom. The molecule has 2 aliphatic rings. The van der Waals surface area contributed by atoms with Gasteiger partial charge in [-0.25, -0.2) is 13.4 Å². The lowest BCUT2D eigenvalue weighted by Gasteiger charge is -2.13. The first-order chi connectivity index (χ1) is 11.4. The van der Waals surface area contributed by atoms with Crippen LogP contribution in [0.5, 0.6) is 5.88 Å². The molecule has 1 aliphatic heterocycles. The molecule has 0 saturated heterocycles. The van der Waals surface area contributed by atoms with Crippen LogP contribution in [0.3, 0.4) is 0 Å². The lowest BCUT2D eigenvalue weighted by molar-refractivity contribution is 0.0976. The average molecular weight is 349 g/mol. The number of Topliss-reactive ketones (excluding diaryl/α,β-unsaturated/α-hetero) is 1. The van der Waals surface area contributed by atoms with Crippen molar-refractivity contribution in [2.45, 2.75) is 51.6 Å². The maximum Gasteiger partial charge on any atom is 0.213 e. The molecule has 6 heteroatoms. The zero-order valence-electron chi connectivity index (χ0n) is 13.9. The van der Waals surface area contributed by atoms with Gasteiger partial charge in [0.05, 0.1) is 5.75 Å². The van der Waals surface area contributed by atoms with E-state index in [-0.39, 0.29) is 23.6 Å². The molecule has 1 aromatic heterocycles. The van der Waals surface area contributed by atoms with Gasteiger partial charge in [-0.15, -0.1) is 0 Å². The monoisotopic (exact) mass is 349 g/mol. The van der Waals surface area contributed by atoms with Gasteiger partial charge in [0.15, 0.2) is 15.6 Å². The molecule has 0 spiro atoms. The number of sulfone groups is 1. The molecule has 0 N–H and O–H groups in total. The van der Waals surface area contributed by atoms with Gasteiger partial charge in [0, 0.05) is 29.7 Å². The minimum Gasteiger partial charge on any atom is -0.474 e. The zero-order chi connectivity index (χ0) is 17.2. The fourth-order valence-corrected chi connectivity index (χ4v) is 4.78. The Labute approximate surface area is 143 Å². The highest BCUT2D eigenvalue weighted by Crippen LogP contribution is 2.25. The van der Waals surface area contributed by atoms with E-state index in [1.54, 1.807) is 12.3 Å². The molecule has 1 aliphatic carbocycles. The molecule has 3 rings (SSSR count). The van der Waals surface area contributed by atoms with Gasteiger partial charge in [-0.3, -0.25) is 4.79 Å². The first-order valence-corrected chi connectivity index (χ1v) is 10.2. The molecule has 5 nitrogen and oxygen atoms in total. The van der Waals surface area contributed by atoms with Crippen molar-refractivity contribution in [2.24, 2.45) is 5.92 Å². The number of carbonyl (C=O) groups is 1. The fraction of sp³-hybridized carbons (Fsp3) is 0.556. The number of hydrogen-bond donors (Lipinski definition) is 0. The topological polar surface area (TPSA) is 73.3 Å². The maximum atomic E-state index is 12.4. The molecular formula is C18H23NO4S. The standard InChI is InChI=1S/C18H23NO4S/c1-13-10-18(23-15-4-2-3-5-15)19-11-16(13)17(20)7-6-14-8-9-24(21,22)12-14/h8-11,14-15H,2-7,12H2,1H3. The number of aromatic nitrogens is 1. The van der Waals surface area contributed by atoms with Crippen molar-refractivity contribution in [3.05, 3.63) is 34.9 Å². The second kappa shape index (κ2) is 7.05. The predicted octanol–water partition coefficient (Wildman–Crippen LogP) is 3.23. The zero-order valence-corrected chi connectivity index (χ0v) is 14.7. The third-order valence-corrected chi connectivity index (χ3v) is 6.19. The summed E-state index contributed by atoms with van der Waals surface area (Å²) in [6.45, 7) is 1.89. The molecule has 1 aromatic rings. The molecule has 1 saturated carbocycles. The summed E-state index contributed by atoms with van der Waals surface area (Å²) in [6, 6.07) is 1.82. The van der Waals surface area contributed by atoms with E-state index in [1.165, 1.54) is 18.2 Å². The number of pyridine rings is 1. The minimum atomic E-state index is -3.05. The number of nitrogens with zero attached hydrogens (tertiary/aromatic N) is 1. The molecule has 1 atom stereocenters. The van der Waals surface area contributed by atoms with Crippen LogP contribution in [0.25, 0.3) is 0 Å². The summed E-state index contributed by atoms with van der Waals surface area (Å²) >= 11 is 0. The lowest BCUT2D eigenvalue weighted by atomic mass is 9.99. The number of carbonyl (C=O) groups excluding carboxylic acids is 1. The van der Waals surface area contributed by atoms with E-state index < -0.39 is 9.84 Å². The van der Waals surface area contributed by atoms with Crippen LogP contribution in [0.15, 0.2) is 23.7 Å². The van der Waals surface area contributed by atoms with E-state index in [1.807, 2.05) is 13.0 Å². The summed E-state index contributed by atoms with van der Waals surface area (Å²) in [5.74, 6) is 0.647. The molecule has 1 unspecified atom stereocenters. The van der Waals surface area contributed by atoms with E-state index in [0.717, 1.165) is 18.4 Å². The van der Waals surface area contributed by atoms with E-state index in [4.69, 9.17) is 4.74 Å². The van der Waals surface area contributed by atoms with Crippen molar-refractivity contribution in [3.63, 3.8) is 0 Å². The second-order valence-corrected chi connectivity index (χ2v) is 8.67. The number of hydrogen-bond acceptors (Lipinski definition) is 5. The summed E-state index contributed by atoms with van der Waals surface area (Å²) in [5, 5.41) is 1.25. The Hall–Kier alpha value is -1.69. The largest absolute Gasteiger partial charge is 0.474 e. The number of ketones is 1. The Bertz CT molecular complexity index is 748. The van der Waals surface area contributed by atoms with Gasteiger partial charge < -0.3 is 4.74 Å². The van der Waals surface area contributed by atoms with Gasteiger partial charge in [-0.1, -0.05) is 6.08 Å². The van der Waals surface area contributed by atoms with Gasteiger partial charge >= 0.3 is 0 Å². The Morgan fingerprint density at radius 1 is 1.33 bits per heavy atom. The quantitative estimate of drug-likeness (QED) is 0.737. The van der Waals surface area contributed by atoms with Gasteiger partial charge in [-0.2, -0.15) is 0 Å². The molecule has 0 radical (unpaired) electrons. The van der Waals surface area contributed by atoms with E-state index in [9.17, 15) is 13.2 Å². The van der Waals surface area contributed by atoms with Crippen LogP contribution in [0.1, 0.15) is 54.4 Å². The van der Waals surface area contributed by atoms with Crippen molar-refractivity contribution in [1.29, 1.82) is 0 Å². The molecule has 130 valence electrons. The van der Waals surface area contributed by atoms with Crippen molar-refractivity contribution in [1.82, 2.24) is 4.98 Å². The van der Waals surface area contributed by atoms with Crippen molar-refractivity contribution < 1.29 is 17.9 Å². The lowest BCUT2D eigenvalue weighted by Crippen LogP contribution is -2.13. The summed E-state index contributed by atoms with van der Waals surface area (Å²) in [5.41, 5.74) is 1.45. The number of rotatable bonds is 6. The van der Waals surface area contributed by atoms with Crippen molar-refractivity contribution in [2.75, 3.05) is 5.75 Å². The molecule has 24 heavy (non-hydrogen) atoms. The Kier molecular flexibility index (Phi) is 5.04. The Morgan fingerprint density at radius 2 is 2.08 bits per heavy atom. The van der Waals surface area contributed by atoms with Crippen LogP contribution < -0.4 is 4.74 Å². The van der Waals surface area contributed by atoms with Crippen LogP contribution in [-0.2, 0) is 9.84 Å². The van der Waals surface area contributed by atoms with E-state index in [0.29, 0.717) is 24.3 Å². The third kappa shape index (κ3) is 4.23. The van der Waals surface area contributed by atoms with Gasteiger partial charge in [0.1, 0.15) is 6.10 Å². The smallest absolute Gasteiger partial charge is 0.213 e. The molecular weight excluding hydrogens is 326 g/mol. The van der Waals surface area contributed by atoms with Crippen LogP contribution in [0.2, 0.25) is 0 Å². The van der Waals surface area contributed by atoms with E-state index >= 15 is 0 Å². The highest BCUT2D eigenvalue weighted by atomic mass is 32.2.